The van der Waals surface area contributed by atoms with E-state index in [0.717, 1.165) is 32.6 Å². The number of carbonyl (C=O) groups is 1. The summed E-state index contributed by atoms with van der Waals surface area (Å²) in [6, 6.07) is 19.5. The van der Waals surface area contributed by atoms with E-state index in [2.05, 4.69) is 76.6 Å². The number of amides is 1. The second-order valence-corrected chi connectivity index (χ2v) is 10.5. The molecule has 5 heteroatoms. The van der Waals surface area contributed by atoms with Crippen LogP contribution < -0.4 is 5.32 Å². The number of rotatable bonds is 10. The number of hydrogen-bond donors (Lipinski definition) is 1. The average molecular weight is 466 g/mol. The van der Waals surface area contributed by atoms with Crippen LogP contribution in [0.4, 0.5) is 4.79 Å². The summed E-state index contributed by atoms with van der Waals surface area (Å²) in [5, 5.41) is 2.92. The molecule has 186 valence electrons. The lowest BCUT2D eigenvalue weighted by Gasteiger charge is -2.33. The maximum Gasteiger partial charge on any atom is 0.407 e. The van der Waals surface area contributed by atoms with Gasteiger partial charge in [-0.2, -0.15) is 0 Å². The predicted molar refractivity (Wildman–Crippen MR) is 140 cm³/mol. The Labute approximate surface area is 206 Å². The molecule has 0 radical (unpaired) electrons. The van der Waals surface area contributed by atoms with Crippen LogP contribution in [0.5, 0.6) is 0 Å². The molecule has 0 saturated carbocycles. The molecule has 2 aromatic carbocycles. The third-order valence-electron chi connectivity index (χ3n) is 6.56. The van der Waals surface area contributed by atoms with Crippen molar-refractivity contribution in [1.82, 2.24) is 15.1 Å². The summed E-state index contributed by atoms with van der Waals surface area (Å²) >= 11 is 0. The molecule has 1 fully saturated rings. The number of benzene rings is 2. The van der Waals surface area contributed by atoms with Crippen LogP contribution >= 0.6 is 0 Å². The number of nitrogens with zero attached hydrogens (tertiary/aromatic N) is 2. The van der Waals surface area contributed by atoms with Crippen LogP contribution in [0.25, 0.3) is 0 Å². The van der Waals surface area contributed by atoms with Crippen molar-refractivity contribution in [2.45, 2.75) is 65.0 Å². The lowest BCUT2D eigenvalue weighted by Crippen LogP contribution is -2.39. The molecule has 1 aliphatic heterocycles. The topological polar surface area (TPSA) is 44.8 Å². The summed E-state index contributed by atoms with van der Waals surface area (Å²) in [5.41, 5.74) is 3.68. The molecule has 1 aliphatic rings. The van der Waals surface area contributed by atoms with Gasteiger partial charge in [-0.3, -0.25) is 4.90 Å². The number of ether oxygens (including phenoxy) is 1. The van der Waals surface area contributed by atoms with Crippen molar-refractivity contribution < 1.29 is 9.53 Å². The molecule has 3 rings (SSSR count). The van der Waals surface area contributed by atoms with Crippen LogP contribution in [0.1, 0.15) is 62.6 Å². The summed E-state index contributed by atoms with van der Waals surface area (Å²) in [6.45, 7) is 14.6. The summed E-state index contributed by atoms with van der Waals surface area (Å²) < 4.78 is 5.38. The van der Waals surface area contributed by atoms with Gasteiger partial charge in [-0.25, -0.2) is 4.79 Å². The summed E-state index contributed by atoms with van der Waals surface area (Å²) in [5.74, 6) is 0.703. The zero-order valence-corrected chi connectivity index (χ0v) is 21.6. The fourth-order valence-electron chi connectivity index (χ4n) is 4.66. The Balaban J connectivity index is 1.45. The predicted octanol–water partition coefficient (Wildman–Crippen LogP) is 5.59. The van der Waals surface area contributed by atoms with Crippen LogP contribution in [0.2, 0.25) is 0 Å². The molecule has 0 atom stereocenters. The summed E-state index contributed by atoms with van der Waals surface area (Å²) in [7, 11) is 0. The normalized spacial score (nSPS) is 15.4. The third-order valence-corrected chi connectivity index (χ3v) is 6.56. The molecule has 0 aliphatic carbocycles. The van der Waals surface area contributed by atoms with E-state index in [4.69, 9.17) is 4.74 Å². The van der Waals surface area contributed by atoms with Gasteiger partial charge in [-0.15, -0.1) is 0 Å². The van der Waals surface area contributed by atoms with Gasteiger partial charge < -0.3 is 15.0 Å². The Bertz CT molecular complexity index is 870. The second kappa shape index (κ2) is 12.9. The van der Waals surface area contributed by atoms with Crippen LogP contribution in [0, 0.1) is 6.92 Å². The van der Waals surface area contributed by atoms with E-state index in [1.807, 2.05) is 20.8 Å². The van der Waals surface area contributed by atoms with E-state index in [9.17, 15) is 4.79 Å². The monoisotopic (exact) mass is 465 g/mol. The Morgan fingerprint density at radius 3 is 2.38 bits per heavy atom. The number of aryl methyl sites for hydroxylation is 1. The molecule has 1 N–H and O–H groups in total. The second-order valence-electron chi connectivity index (χ2n) is 10.5. The lowest BCUT2D eigenvalue weighted by atomic mass is 9.89. The molecular formula is C29H43N3O2. The first-order valence-electron chi connectivity index (χ1n) is 12.8. The fourth-order valence-corrected chi connectivity index (χ4v) is 4.66. The smallest absolute Gasteiger partial charge is 0.407 e. The largest absolute Gasteiger partial charge is 0.444 e. The van der Waals surface area contributed by atoms with Crippen molar-refractivity contribution in [1.29, 1.82) is 0 Å². The molecule has 2 aromatic rings. The molecule has 5 nitrogen and oxygen atoms in total. The highest BCUT2D eigenvalue weighted by Crippen LogP contribution is 2.27. The number of likely N-dealkylation sites (tertiary alicyclic amines) is 1. The van der Waals surface area contributed by atoms with Gasteiger partial charge in [0.25, 0.3) is 0 Å². The minimum Gasteiger partial charge on any atom is -0.444 e. The van der Waals surface area contributed by atoms with Crippen molar-refractivity contribution in [2.24, 2.45) is 0 Å². The third kappa shape index (κ3) is 9.11. The highest BCUT2D eigenvalue weighted by molar-refractivity contribution is 5.67. The molecule has 34 heavy (non-hydrogen) atoms. The van der Waals surface area contributed by atoms with Gasteiger partial charge in [0, 0.05) is 19.6 Å². The van der Waals surface area contributed by atoms with Gasteiger partial charge in [0.2, 0.25) is 0 Å². The van der Waals surface area contributed by atoms with E-state index < -0.39 is 5.60 Å². The van der Waals surface area contributed by atoms with Gasteiger partial charge in [0.15, 0.2) is 0 Å². The van der Waals surface area contributed by atoms with Gasteiger partial charge >= 0.3 is 6.09 Å². The molecular weight excluding hydrogens is 422 g/mol. The molecule has 0 unspecified atom stereocenters. The maximum absolute atomic E-state index is 12.0. The van der Waals surface area contributed by atoms with Crippen LogP contribution in [0.15, 0.2) is 54.6 Å². The maximum atomic E-state index is 12.0. The number of alkyl carbamates (subject to hydrolysis) is 1. The van der Waals surface area contributed by atoms with E-state index in [1.165, 1.54) is 42.6 Å². The minimum absolute atomic E-state index is 0.343. The van der Waals surface area contributed by atoms with Gasteiger partial charge in [0.1, 0.15) is 5.60 Å². The standard InChI is InChI=1S/C29H43N3O2/c1-24-11-8-9-14-27(24)23-32(22-17-30-28(33)34-29(2,3)4)19-10-18-31-20-15-26(16-21-31)25-12-6-5-7-13-25/h5-9,11-14,26H,10,15-23H2,1-4H3,(H,30,33). The number of carbonyl (C=O) groups excluding carboxylic acids is 1. The van der Waals surface area contributed by atoms with Crippen LogP contribution in [-0.4, -0.2) is 60.8 Å². The zero-order chi connectivity index (χ0) is 24.4. The first kappa shape index (κ1) is 26.2. The molecule has 0 spiro atoms. The Morgan fingerprint density at radius 1 is 1.03 bits per heavy atom. The highest BCUT2D eigenvalue weighted by atomic mass is 16.6. The van der Waals surface area contributed by atoms with Gasteiger partial charge in [-0.1, -0.05) is 54.6 Å². The van der Waals surface area contributed by atoms with Crippen molar-refractivity contribution in [3.63, 3.8) is 0 Å². The summed E-state index contributed by atoms with van der Waals surface area (Å²) in [4.78, 5) is 17.1. The van der Waals surface area contributed by atoms with E-state index >= 15 is 0 Å². The average Bonchev–Trinajstić information content (AvgIpc) is 2.80. The lowest BCUT2D eigenvalue weighted by molar-refractivity contribution is 0.0521. The number of nitrogens with one attached hydrogen (secondary N) is 1. The summed E-state index contributed by atoms with van der Waals surface area (Å²) in [6.07, 6.45) is 3.28. The number of hydrogen-bond acceptors (Lipinski definition) is 4. The van der Waals surface area contributed by atoms with Crippen molar-refractivity contribution in [3.05, 3.63) is 71.3 Å². The van der Waals surface area contributed by atoms with E-state index in [0.29, 0.717) is 12.5 Å². The molecule has 0 bridgehead atoms. The van der Waals surface area contributed by atoms with E-state index in [-0.39, 0.29) is 6.09 Å². The van der Waals surface area contributed by atoms with Crippen LogP contribution in [0.3, 0.4) is 0 Å². The SMILES string of the molecule is Cc1ccccc1CN(CCCN1CCC(c2ccccc2)CC1)CCNC(=O)OC(C)(C)C. The minimum atomic E-state index is -0.473. The quantitative estimate of drug-likeness (QED) is 0.497. The zero-order valence-electron chi connectivity index (χ0n) is 21.6. The van der Waals surface area contributed by atoms with Gasteiger partial charge in [-0.05, 0) is 95.7 Å². The molecule has 1 amide bonds. The first-order chi connectivity index (χ1) is 16.3. The molecule has 1 heterocycles. The van der Waals surface area contributed by atoms with E-state index in [1.54, 1.807) is 0 Å². The number of piperidine rings is 1. The molecule has 0 aromatic heterocycles. The highest BCUT2D eigenvalue weighted by Gasteiger charge is 2.20. The Morgan fingerprint density at radius 2 is 1.71 bits per heavy atom. The van der Waals surface area contributed by atoms with Crippen molar-refractivity contribution in [3.8, 4) is 0 Å². The molecule has 1 saturated heterocycles. The Hall–Kier alpha value is -2.37. The van der Waals surface area contributed by atoms with Gasteiger partial charge in [0.05, 0.1) is 0 Å². The van der Waals surface area contributed by atoms with Crippen molar-refractivity contribution >= 4 is 6.09 Å². The first-order valence-corrected chi connectivity index (χ1v) is 12.8. The van der Waals surface area contributed by atoms with Crippen molar-refractivity contribution in [2.75, 3.05) is 39.3 Å². The Kier molecular flexibility index (Phi) is 9.97. The van der Waals surface area contributed by atoms with Crippen LogP contribution in [-0.2, 0) is 11.3 Å². The fraction of sp³-hybridized carbons (Fsp3) is 0.552.